The molecule has 0 saturated heterocycles. The lowest BCUT2D eigenvalue weighted by Gasteiger charge is -2.18. The van der Waals surface area contributed by atoms with E-state index in [1.807, 2.05) is 34.2 Å². The first kappa shape index (κ1) is 22.1. The number of fused-ring (bicyclic) bond motifs is 3. The third-order valence-corrected chi connectivity index (χ3v) is 6.03. The van der Waals surface area contributed by atoms with Gasteiger partial charge in [-0.25, -0.2) is 4.98 Å². The van der Waals surface area contributed by atoms with Gasteiger partial charge in [0.25, 0.3) is 5.91 Å². The predicted octanol–water partition coefficient (Wildman–Crippen LogP) is 6.42. The summed E-state index contributed by atoms with van der Waals surface area (Å²) in [4.78, 5) is 19.0. The average Bonchev–Trinajstić information content (AvgIpc) is 3.38. The Morgan fingerprint density at radius 1 is 1.25 bits per heavy atom. The molecule has 166 valence electrons. The molecule has 0 spiro atoms. The van der Waals surface area contributed by atoms with Crippen molar-refractivity contribution in [3.05, 3.63) is 58.9 Å². The van der Waals surface area contributed by atoms with Crippen LogP contribution < -0.4 is 10.1 Å². The maximum absolute atomic E-state index is 13.1. The normalized spacial score (nSPS) is 11.7. The molecule has 0 aliphatic carbocycles. The van der Waals surface area contributed by atoms with Crippen molar-refractivity contribution in [3.8, 4) is 16.3 Å². The molecule has 3 heterocycles. The molecular formula is C26H29N3O2S. The molecule has 0 aliphatic heterocycles. The van der Waals surface area contributed by atoms with Crippen LogP contribution in [0.15, 0.2) is 47.5 Å². The van der Waals surface area contributed by atoms with Gasteiger partial charge in [0.15, 0.2) is 0 Å². The highest BCUT2D eigenvalue weighted by Gasteiger charge is 2.22. The van der Waals surface area contributed by atoms with Gasteiger partial charge in [-0.1, -0.05) is 38.5 Å². The Bertz CT molecular complexity index is 1320. The highest BCUT2D eigenvalue weighted by molar-refractivity contribution is 7.13. The smallest absolute Gasteiger partial charge is 0.287 e. The van der Waals surface area contributed by atoms with Gasteiger partial charge in [0.1, 0.15) is 11.4 Å². The maximum atomic E-state index is 13.1. The van der Waals surface area contributed by atoms with Crippen LogP contribution in [0.25, 0.3) is 32.9 Å². The number of nitrogens with zero attached hydrogens (tertiary/aromatic N) is 2. The van der Waals surface area contributed by atoms with Crippen molar-refractivity contribution in [2.45, 2.75) is 34.6 Å². The van der Waals surface area contributed by atoms with Crippen molar-refractivity contribution in [2.75, 3.05) is 13.7 Å². The molecule has 0 fully saturated rings. The molecule has 0 unspecified atom stereocenters. The van der Waals surface area contributed by atoms with Crippen LogP contribution in [0.4, 0.5) is 0 Å². The van der Waals surface area contributed by atoms with E-state index in [0.717, 1.165) is 38.2 Å². The number of aromatic nitrogens is 2. The van der Waals surface area contributed by atoms with E-state index in [-0.39, 0.29) is 11.3 Å². The van der Waals surface area contributed by atoms with Crippen LogP contribution in [0.2, 0.25) is 0 Å². The van der Waals surface area contributed by atoms with E-state index in [4.69, 9.17) is 9.72 Å². The quantitative estimate of drug-likeness (QED) is 0.384. The van der Waals surface area contributed by atoms with Crippen LogP contribution in [-0.2, 0) is 0 Å². The minimum atomic E-state index is -0.171. The van der Waals surface area contributed by atoms with E-state index in [2.05, 4.69) is 58.1 Å². The Kier molecular flexibility index (Phi) is 5.82. The lowest BCUT2D eigenvalue weighted by atomic mass is 9.97. The number of rotatable bonds is 5. The SMILES string of the molecule is COc1cc2ccn3c(C(=O)NCC(C)(C)C)nc(-c4cccs4)c3c2cc1C=C(C)C. The van der Waals surface area contributed by atoms with E-state index in [1.54, 1.807) is 18.4 Å². The van der Waals surface area contributed by atoms with Gasteiger partial charge in [-0.05, 0) is 54.3 Å². The Balaban J connectivity index is 1.99. The summed E-state index contributed by atoms with van der Waals surface area (Å²) in [7, 11) is 1.69. The second kappa shape index (κ2) is 8.43. The molecule has 0 aliphatic rings. The zero-order valence-electron chi connectivity index (χ0n) is 19.4. The highest BCUT2D eigenvalue weighted by atomic mass is 32.1. The molecule has 4 rings (SSSR count). The number of hydrogen-bond acceptors (Lipinski definition) is 4. The van der Waals surface area contributed by atoms with Crippen molar-refractivity contribution in [1.82, 2.24) is 14.7 Å². The molecule has 1 aromatic carbocycles. The first-order valence-corrected chi connectivity index (χ1v) is 11.6. The molecule has 1 amide bonds. The lowest BCUT2D eigenvalue weighted by molar-refractivity contribution is 0.0928. The van der Waals surface area contributed by atoms with Crippen molar-refractivity contribution in [1.29, 1.82) is 0 Å². The summed E-state index contributed by atoms with van der Waals surface area (Å²) in [5, 5.41) is 7.15. The largest absolute Gasteiger partial charge is 0.496 e. The molecular weight excluding hydrogens is 418 g/mol. The second-order valence-electron chi connectivity index (χ2n) is 9.44. The van der Waals surface area contributed by atoms with Gasteiger partial charge in [-0.3, -0.25) is 9.20 Å². The van der Waals surface area contributed by atoms with Gasteiger partial charge in [-0.2, -0.15) is 0 Å². The fourth-order valence-corrected chi connectivity index (χ4v) is 4.43. The molecule has 3 aromatic heterocycles. The Hall–Kier alpha value is -3.12. The molecule has 6 heteroatoms. The highest BCUT2D eigenvalue weighted by Crippen LogP contribution is 2.36. The number of thiophene rings is 1. The van der Waals surface area contributed by atoms with Crippen molar-refractivity contribution in [2.24, 2.45) is 5.41 Å². The summed E-state index contributed by atoms with van der Waals surface area (Å²) < 4.78 is 7.56. The third kappa shape index (κ3) is 4.28. The van der Waals surface area contributed by atoms with E-state index >= 15 is 0 Å². The van der Waals surface area contributed by atoms with Crippen LogP contribution in [-0.4, -0.2) is 28.9 Å². The number of allylic oxidation sites excluding steroid dienone is 1. The van der Waals surface area contributed by atoms with E-state index < -0.39 is 0 Å². The minimum absolute atomic E-state index is 0.0121. The van der Waals surface area contributed by atoms with E-state index in [9.17, 15) is 4.79 Å². The third-order valence-electron chi connectivity index (χ3n) is 5.15. The molecule has 5 nitrogen and oxygen atoms in total. The Morgan fingerprint density at radius 3 is 2.66 bits per heavy atom. The summed E-state index contributed by atoms with van der Waals surface area (Å²) >= 11 is 1.62. The Labute approximate surface area is 192 Å². The molecule has 4 aromatic rings. The van der Waals surface area contributed by atoms with E-state index in [0.29, 0.717) is 12.4 Å². The number of amides is 1. The van der Waals surface area contributed by atoms with Crippen molar-refractivity contribution < 1.29 is 9.53 Å². The van der Waals surface area contributed by atoms with Crippen LogP contribution in [0.5, 0.6) is 5.75 Å². The first-order chi connectivity index (χ1) is 15.2. The van der Waals surface area contributed by atoms with Crippen LogP contribution in [0.3, 0.4) is 0 Å². The van der Waals surface area contributed by atoms with Gasteiger partial charge in [0, 0.05) is 23.7 Å². The van der Waals surface area contributed by atoms with Crippen molar-refractivity contribution >= 4 is 39.6 Å². The van der Waals surface area contributed by atoms with Gasteiger partial charge < -0.3 is 10.1 Å². The van der Waals surface area contributed by atoms with Gasteiger partial charge >= 0.3 is 0 Å². The fourth-order valence-electron chi connectivity index (χ4n) is 3.72. The zero-order chi connectivity index (χ0) is 23.0. The summed E-state index contributed by atoms with van der Waals surface area (Å²) in [6, 6.07) is 10.2. The molecule has 32 heavy (non-hydrogen) atoms. The van der Waals surface area contributed by atoms with Crippen LogP contribution >= 0.6 is 11.3 Å². The number of ether oxygens (including phenoxy) is 1. The maximum Gasteiger partial charge on any atom is 0.287 e. The fraction of sp³-hybridized carbons (Fsp3) is 0.308. The standard InChI is InChI=1S/C26H29N3O2S/c1-16(2)12-18-13-19-17(14-20(18)31-6)9-10-29-23(19)22(21-8-7-11-32-21)28-24(29)25(30)27-15-26(3,4)5/h7-14H,15H2,1-6H3,(H,27,30). The van der Waals surface area contributed by atoms with Crippen LogP contribution in [0.1, 0.15) is 50.8 Å². The van der Waals surface area contributed by atoms with E-state index in [1.165, 1.54) is 5.57 Å². The number of methoxy groups -OCH3 is 1. The minimum Gasteiger partial charge on any atom is -0.496 e. The van der Waals surface area contributed by atoms with Crippen LogP contribution in [0, 0.1) is 5.41 Å². The zero-order valence-corrected chi connectivity index (χ0v) is 20.3. The summed E-state index contributed by atoms with van der Waals surface area (Å²) in [5.41, 5.74) is 3.92. The van der Waals surface area contributed by atoms with Gasteiger partial charge in [0.05, 0.1) is 17.5 Å². The molecule has 0 atom stereocenters. The van der Waals surface area contributed by atoms with Gasteiger partial charge in [0.2, 0.25) is 5.82 Å². The second-order valence-corrected chi connectivity index (χ2v) is 10.4. The molecule has 0 bridgehead atoms. The number of hydrogen-bond donors (Lipinski definition) is 1. The number of nitrogens with one attached hydrogen (secondary N) is 1. The monoisotopic (exact) mass is 447 g/mol. The number of imidazole rings is 1. The average molecular weight is 448 g/mol. The molecule has 0 radical (unpaired) electrons. The number of benzene rings is 1. The lowest BCUT2D eigenvalue weighted by Crippen LogP contribution is -2.33. The topological polar surface area (TPSA) is 55.6 Å². The first-order valence-electron chi connectivity index (χ1n) is 10.7. The summed E-state index contributed by atoms with van der Waals surface area (Å²) in [6.45, 7) is 11.0. The molecule has 0 saturated carbocycles. The predicted molar refractivity (Wildman–Crippen MR) is 134 cm³/mol. The Morgan fingerprint density at radius 2 is 2.03 bits per heavy atom. The number of pyridine rings is 1. The van der Waals surface area contributed by atoms with Gasteiger partial charge in [-0.15, -0.1) is 11.3 Å². The number of carbonyl (C=O) groups is 1. The van der Waals surface area contributed by atoms with Crippen molar-refractivity contribution in [3.63, 3.8) is 0 Å². The summed E-state index contributed by atoms with van der Waals surface area (Å²) in [6.07, 6.45) is 4.04. The summed E-state index contributed by atoms with van der Waals surface area (Å²) in [5.74, 6) is 1.05. The molecule has 1 N–H and O–H groups in total. The number of carbonyl (C=O) groups excluding carboxylic acids is 1.